The molecule has 0 aliphatic heterocycles. The second-order valence-corrected chi connectivity index (χ2v) is 9.02. The van der Waals surface area contributed by atoms with Gasteiger partial charge in [-0.05, 0) is 25.2 Å². The number of amides is 3. The van der Waals surface area contributed by atoms with Crippen molar-refractivity contribution in [3.8, 4) is 0 Å². The van der Waals surface area contributed by atoms with E-state index in [9.17, 15) is 29.4 Å². The number of aromatic amines is 1. The summed E-state index contributed by atoms with van der Waals surface area (Å²) in [6, 6.07) is -4.55. The van der Waals surface area contributed by atoms with Crippen LogP contribution in [-0.4, -0.2) is 74.1 Å². The highest BCUT2D eigenvalue weighted by atomic mass is 16.4. The van der Waals surface area contributed by atoms with Gasteiger partial charge in [0.2, 0.25) is 17.7 Å². The molecule has 0 spiro atoms. The molecule has 1 rings (SSSR count). The number of nitrogens with zero attached hydrogens (tertiary/aromatic N) is 1. The molecule has 0 aliphatic rings. The predicted octanol–water partition coefficient (Wildman–Crippen LogP) is -0.708. The molecule has 3 amide bonds. The van der Waals surface area contributed by atoms with Gasteiger partial charge < -0.3 is 36.9 Å². The average molecular weight is 483 g/mol. The molecule has 6 unspecified atom stereocenters. The zero-order valence-corrected chi connectivity index (χ0v) is 20.4. The molecule has 0 saturated heterocycles. The smallest absolute Gasteiger partial charge is 0.326 e. The number of hydrogen-bond donors (Lipinski definition) is 7. The van der Waals surface area contributed by atoms with Crippen molar-refractivity contribution in [3.05, 3.63) is 18.2 Å². The Bertz CT molecular complexity index is 813. The molecule has 1 aromatic heterocycles. The van der Waals surface area contributed by atoms with E-state index in [2.05, 4.69) is 25.9 Å². The highest BCUT2D eigenvalue weighted by molar-refractivity contribution is 5.94. The maximum Gasteiger partial charge on any atom is 0.326 e. The summed E-state index contributed by atoms with van der Waals surface area (Å²) < 4.78 is 0. The normalized spacial score (nSPS) is 16.6. The van der Waals surface area contributed by atoms with Crippen LogP contribution in [0.25, 0.3) is 0 Å². The van der Waals surface area contributed by atoms with E-state index in [0.29, 0.717) is 12.1 Å². The molecule has 34 heavy (non-hydrogen) atoms. The minimum Gasteiger partial charge on any atom is -0.480 e. The zero-order valence-electron chi connectivity index (χ0n) is 20.4. The number of carboxylic acid groups (broad SMARTS) is 1. The highest BCUT2D eigenvalue weighted by Crippen LogP contribution is 2.11. The monoisotopic (exact) mass is 482 g/mol. The molecule has 12 heteroatoms. The molecule has 0 saturated carbocycles. The van der Waals surface area contributed by atoms with Crippen LogP contribution in [0.15, 0.2) is 12.5 Å². The van der Waals surface area contributed by atoms with Gasteiger partial charge in [-0.25, -0.2) is 9.78 Å². The summed E-state index contributed by atoms with van der Waals surface area (Å²) in [5.74, 6) is -3.58. The van der Waals surface area contributed by atoms with E-state index in [1.165, 1.54) is 19.4 Å². The van der Waals surface area contributed by atoms with E-state index in [4.69, 9.17) is 5.73 Å². The van der Waals surface area contributed by atoms with Gasteiger partial charge in [0.1, 0.15) is 18.1 Å². The summed E-state index contributed by atoms with van der Waals surface area (Å²) in [4.78, 5) is 56.6. The van der Waals surface area contributed by atoms with Crippen molar-refractivity contribution in [3.63, 3.8) is 0 Å². The first kappa shape index (κ1) is 29.0. The molecule has 1 aromatic rings. The zero-order chi connectivity index (χ0) is 26.0. The molecular weight excluding hydrogens is 444 g/mol. The lowest BCUT2D eigenvalue weighted by Crippen LogP contribution is -2.61. The molecule has 8 N–H and O–H groups in total. The van der Waals surface area contributed by atoms with Gasteiger partial charge in [0.15, 0.2) is 0 Å². The Morgan fingerprint density at radius 3 is 2.09 bits per heavy atom. The Hall–Kier alpha value is -2.99. The van der Waals surface area contributed by atoms with E-state index < -0.39 is 54.0 Å². The minimum atomic E-state index is -1.37. The van der Waals surface area contributed by atoms with E-state index in [1.54, 1.807) is 6.92 Å². The molecule has 12 nitrogen and oxygen atoms in total. The van der Waals surface area contributed by atoms with Crippen molar-refractivity contribution >= 4 is 23.7 Å². The van der Waals surface area contributed by atoms with Crippen LogP contribution in [0.1, 0.15) is 53.2 Å². The number of carboxylic acids is 1. The number of rotatable bonds is 14. The number of carbonyl (C=O) groups excluding carboxylic acids is 3. The number of aliphatic carboxylic acids is 1. The number of aliphatic hydroxyl groups excluding tert-OH is 1. The summed E-state index contributed by atoms with van der Waals surface area (Å²) in [5, 5.41) is 27.0. The summed E-state index contributed by atoms with van der Waals surface area (Å²) in [7, 11) is 0. The standard InChI is InChI=1S/C22H38N6O6/c1-6-12(4)17(20(31)26-16(22(33)34)7-11(2)3)27-21(32)18(13(5)29)28-19(30)15(23)8-14-9-24-10-25-14/h9-13,15-18,29H,6-8,23H2,1-5H3,(H,24,25)(H,26,31)(H,27,32)(H,28,30)(H,33,34). The Balaban J connectivity index is 2.93. The van der Waals surface area contributed by atoms with Crippen LogP contribution < -0.4 is 21.7 Å². The van der Waals surface area contributed by atoms with Gasteiger partial charge in [-0.2, -0.15) is 0 Å². The SMILES string of the molecule is CCC(C)C(NC(=O)C(NC(=O)C(N)Cc1cnc[nH]1)C(C)O)C(=O)NC(CC(C)C)C(=O)O. The highest BCUT2D eigenvalue weighted by Gasteiger charge is 2.34. The first-order valence-electron chi connectivity index (χ1n) is 11.4. The predicted molar refractivity (Wildman–Crippen MR) is 124 cm³/mol. The Kier molecular flexibility index (Phi) is 11.7. The molecule has 0 radical (unpaired) electrons. The van der Waals surface area contributed by atoms with Gasteiger partial charge in [0.25, 0.3) is 0 Å². The Labute approximate surface area is 199 Å². The maximum atomic E-state index is 13.0. The molecule has 1 heterocycles. The topological polar surface area (TPSA) is 200 Å². The fourth-order valence-corrected chi connectivity index (χ4v) is 3.29. The lowest BCUT2D eigenvalue weighted by molar-refractivity contribution is -0.143. The van der Waals surface area contributed by atoms with Gasteiger partial charge in [-0.1, -0.05) is 34.1 Å². The van der Waals surface area contributed by atoms with Gasteiger partial charge >= 0.3 is 5.97 Å². The van der Waals surface area contributed by atoms with E-state index in [-0.39, 0.29) is 24.7 Å². The largest absolute Gasteiger partial charge is 0.480 e. The number of nitrogens with two attached hydrogens (primary N) is 1. The molecule has 0 bridgehead atoms. The van der Waals surface area contributed by atoms with Crippen molar-refractivity contribution < 1.29 is 29.4 Å². The minimum absolute atomic E-state index is 0.0267. The summed E-state index contributed by atoms with van der Waals surface area (Å²) in [6.07, 6.45) is 2.57. The fraction of sp³-hybridized carbons (Fsp3) is 0.682. The summed E-state index contributed by atoms with van der Waals surface area (Å²) >= 11 is 0. The Morgan fingerprint density at radius 2 is 1.62 bits per heavy atom. The van der Waals surface area contributed by atoms with Crippen LogP contribution in [0.5, 0.6) is 0 Å². The van der Waals surface area contributed by atoms with Gasteiger partial charge in [-0.3, -0.25) is 14.4 Å². The van der Waals surface area contributed by atoms with E-state index >= 15 is 0 Å². The van der Waals surface area contributed by atoms with Crippen molar-refractivity contribution in [1.82, 2.24) is 25.9 Å². The average Bonchev–Trinajstić information content (AvgIpc) is 3.26. The van der Waals surface area contributed by atoms with Crippen LogP contribution in [-0.2, 0) is 25.6 Å². The van der Waals surface area contributed by atoms with Gasteiger partial charge in [-0.15, -0.1) is 0 Å². The van der Waals surface area contributed by atoms with Crippen LogP contribution in [0.2, 0.25) is 0 Å². The quantitative estimate of drug-likeness (QED) is 0.180. The second kappa shape index (κ2) is 13.7. The molecule has 6 atom stereocenters. The molecular formula is C22H38N6O6. The van der Waals surface area contributed by atoms with E-state index in [0.717, 1.165) is 0 Å². The maximum absolute atomic E-state index is 13.0. The van der Waals surface area contributed by atoms with Crippen molar-refractivity contribution in [1.29, 1.82) is 0 Å². The van der Waals surface area contributed by atoms with E-state index in [1.807, 2.05) is 20.8 Å². The Morgan fingerprint density at radius 1 is 1.03 bits per heavy atom. The lowest BCUT2D eigenvalue weighted by atomic mass is 9.96. The van der Waals surface area contributed by atoms with Crippen molar-refractivity contribution in [2.24, 2.45) is 17.6 Å². The van der Waals surface area contributed by atoms with Gasteiger partial charge in [0.05, 0.1) is 18.5 Å². The molecule has 0 aromatic carbocycles. The molecule has 0 fully saturated rings. The number of nitrogens with one attached hydrogen (secondary N) is 4. The number of aliphatic hydroxyl groups is 1. The van der Waals surface area contributed by atoms with Crippen LogP contribution in [0.3, 0.4) is 0 Å². The lowest BCUT2D eigenvalue weighted by Gasteiger charge is -2.29. The van der Waals surface area contributed by atoms with Crippen LogP contribution in [0.4, 0.5) is 0 Å². The van der Waals surface area contributed by atoms with Gasteiger partial charge in [0, 0.05) is 18.3 Å². The summed E-state index contributed by atoms with van der Waals surface area (Å²) in [5.41, 5.74) is 6.53. The number of hydrogen-bond acceptors (Lipinski definition) is 7. The first-order chi connectivity index (χ1) is 15.9. The molecule has 0 aliphatic carbocycles. The summed E-state index contributed by atoms with van der Waals surface area (Å²) in [6.45, 7) is 8.56. The van der Waals surface area contributed by atoms with Crippen LogP contribution in [0, 0.1) is 11.8 Å². The van der Waals surface area contributed by atoms with Crippen molar-refractivity contribution in [2.75, 3.05) is 0 Å². The third-order valence-electron chi connectivity index (χ3n) is 5.51. The third-order valence-corrected chi connectivity index (χ3v) is 5.51. The fourth-order valence-electron chi connectivity index (χ4n) is 3.29. The second-order valence-electron chi connectivity index (χ2n) is 9.02. The number of H-pyrrole nitrogens is 1. The first-order valence-corrected chi connectivity index (χ1v) is 11.4. The third kappa shape index (κ3) is 9.10. The number of imidazole rings is 1. The number of aromatic nitrogens is 2. The van der Waals surface area contributed by atoms with Crippen molar-refractivity contribution in [2.45, 2.75) is 84.2 Å². The molecule has 192 valence electrons. The van der Waals surface area contributed by atoms with Crippen LogP contribution >= 0.6 is 0 Å². The number of carbonyl (C=O) groups is 4.